The van der Waals surface area contributed by atoms with Crippen molar-refractivity contribution >= 4 is 17.2 Å². The summed E-state index contributed by atoms with van der Waals surface area (Å²) in [5.41, 5.74) is 7.14. The van der Waals surface area contributed by atoms with E-state index < -0.39 is 5.82 Å². The van der Waals surface area contributed by atoms with Crippen LogP contribution in [-0.2, 0) is 0 Å². The minimum absolute atomic E-state index is 0.0147. The van der Waals surface area contributed by atoms with Crippen molar-refractivity contribution in [2.45, 2.75) is 6.92 Å². The van der Waals surface area contributed by atoms with E-state index in [0.717, 1.165) is 5.56 Å². The van der Waals surface area contributed by atoms with E-state index in [1.807, 2.05) is 19.1 Å². The zero-order valence-corrected chi connectivity index (χ0v) is 12.4. The highest BCUT2D eigenvalue weighted by Gasteiger charge is 2.12. The average molecular weight is 314 g/mol. The molecule has 0 atom stereocenters. The molecule has 118 valence electrons. The monoisotopic (exact) mass is 314 g/mol. The minimum Gasteiger partial charge on any atom is -0.478 e. The first-order valence-electron chi connectivity index (χ1n) is 7.02. The highest BCUT2D eigenvalue weighted by Crippen LogP contribution is 2.27. The van der Waals surface area contributed by atoms with Crippen LogP contribution in [0.25, 0.3) is 11.3 Å². The van der Waals surface area contributed by atoms with Crippen LogP contribution in [0, 0.1) is 5.82 Å². The van der Waals surface area contributed by atoms with E-state index in [0.29, 0.717) is 18.1 Å². The number of anilines is 3. The van der Waals surface area contributed by atoms with E-state index in [2.05, 4.69) is 15.3 Å². The molecular weight excluding hydrogens is 299 g/mol. The lowest BCUT2D eigenvalue weighted by Gasteiger charge is -2.11. The molecule has 0 aliphatic rings. The Bertz CT molecular complexity index is 789. The van der Waals surface area contributed by atoms with Crippen LogP contribution in [0.5, 0.6) is 5.88 Å². The third-order valence-corrected chi connectivity index (χ3v) is 3.12. The van der Waals surface area contributed by atoms with Crippen LogP contribution in [0.3, 0.4) is 0 Å². The lowest BCUT2D eigenvalue weighted by atomic mass is 10.1. The van der Waals surface area contributed by atoms with Crippen molar-refractivity contribution in [3.05, 3.63) is 48.7 Å². The highest BCUT2D eigenvalue weighted by molar-refractivity contribution is 5.66. The van der Waals surface area contributed by atoms with Gasteiger partial charge in [-0.3, -0.25) is 0 Å². The number of benzene rings is 1. The molecule has 0 spiro atoms. The molecule has 3 N–H and O–H groups in total. The normalized spacial score (nSPS) is 10.5. The van der Waals surface area contributed by atoms with Crippen molar-refractivity contribution in [3.8, 4) is 17.2 Å². The second-order valence-corrected chi connectivity index (χ2v) is 4.71. The largest absolute Gasteiger partial charge is 0.478 e. The Morgan fingerprint density at radius 2 is 2.09 bits per heavy atom. The van der Waals surface area contributed by atoms with Crippen LogP contribution >= 0.6 is 0 Å². The lowest BCUT2D eigenvalue weighted by Crippen LogP contribution is -2.04. The van der Waals surface area contributed by atoms with Crippen LogP contribution < -0.4 is 15.8 Å². The van der Waals surface area contributed by atoms with Gasteiger partial charge in [0, 0.05) is 17.3 Å². The van der Waals surface area contributed by atoms with Gasteiger partial charge in [0.25, 0.3) is 0 Å². The summed E-state index contributed by atoms with van der Waals surface area (Å²) < 4.78 is 24.6. The first kappa shape index (κ1) is 14.8. The fourth-order valence-corrected chi connectivity index (χ4v) is 2.04. The molecule has 2 aromatic heterocycles. The van der Waals surface area contributed by atoms with Gasteiger partial charge in [-0.05, 0) is 31.2 Å². The summed E-state index contributed by atoms with van der Waals surface area (Å²) in [7, 11) is 0. The fourth-order valence-electron chi connectivity index (χ4n) is 2.04. The Labute approximate surface area is 132 Å². The maximum atomic E-state index is 14.1. The van der Waals surface area contributed by atoms with Gasteiger partial charge in [-0.15, -0.1) is 0 Å². The molecule has 0 aliphatic heterocycles. The van der Waals surface area contributed by atoms with Gasteiger partial charge in [0.1, 0.15) is 0 Å². The predicted molar refractivity (Wildman–Crippen MR) is 85.0 cm³/mol. The number of hydrogen-bond donors (Lipinski definition) is 2. The van der Waals surface area contributed by atoms with E-state index >= 15 is 0 Å². The van der Waals surface area contributed by atoms with Gasteiger partial charge in [-0.25, -0.2) is 9.37 Å². The van der Waals surface area contributed by atoms with Gasteiger partial charge in [0.15, 0.2) is 23.8 Å². The van der Waals surface area contributed by atoms with Crippen LogP contribution in [0.4, 0.5) is 21.6 Å². The van der Waals surface area contributed by atoms with E-state index in [9.17, 15) is 4.39 Å². The van der Waals surface area contributed by atoms with E-state index in [-0.39, 0.29) is 17.4 Å². The summed E-state index contributed by atoms with van der Waals surface area (Å²) in [5, 5.41) is 2.89. The number of pyridine rings is 1. The van der Waals surface area contributed by atoms with Gasteiger partial charge in [-0.2, -0.15) is 4.98 Å². The highest BCUT2D eigenvalue weighted by atomic mass is 19.1. The van der Waals surface area contributed by atoms with Crippen molar-refractivity contribution in [1.82, 2.24) is 9.97 Å². The third-order valence-electron chi connectivity index (χ3n) is 3.12. The first-order valence-corrected chi connectivity index (χ1v) is 7.02. The van der Waals surface area contributed by atoms with Crippen molar-refractivity contribution in [1.29, 1.82) is 0 Å². The minimum atomic E-state index is -0.618. The second kappa shape index (κ2) is 6.35. The zero-order chi connectivity index (χ0) is 16.2. The molecule has 3 aromatic rings. The van der Waals surface area contributed by atoms with Crippen molar-refractivity contribution in [3.63, 3.8) is 0 Å². The number of rotatable bonds is 5. The molecule has 1 aromatic carbocycles. The fraction of sp³-hybridized carbons (Fsp3) is 0.125. The Morgan fingerprint density at radius 1 is 1.30 bits per heavy atom. The van der Waals surface area contributed by atoms with Crippen molar-refractivity contribution in [2.24, 2.45) is 0 Å². The molecule has 6 nitrogen and oxygen atoms in total. The molecule has 23 heavy (non-hydrogen) atoms. The van der Waals surface area contributed by atoms with Gasteiger partial charge < -0.3 is 20.2 Å². The molecule has 0 fully saturated rings. The van der Waals surface area contributed by atoms with Crippen LogP contribution in [0.2, 0.25) is 0 Å². The molecule has 2 heterocycles. The number of aromatic nitrogens is 2. The van der Waals surface area contributed by atoms with Gasteiger partial charge in [0.05, 0.1) is 18.5 Å². The third kappa shape index (κ3) is 3.23. The average Bonchev–Trinajstić information content (AvgIpc) is 3.07. The molecule has 0 radical (unpaired) electrons. The maximum Gasteiger partial charge on any atom is 0.217 e. The molecule has 0 saturated carbocycles. The summed E-state index contributed by atoms with van der Waals surface area (Å²) in [6, 6.07) is 8.58. The van der Waals surface area contributed by atoms with E-state index in [4.69, 9.17) is 14.9 Å². The van der Waals surface area contributed by atoms with Gasteiger partial charge in [-0.1, -0.05) is 0 Å². The quantitative estimate of drug-likeness (QED) is 0.748. The summed E-state index contributed by atoms with van der Waals surface area (Å²) in [6.45, 7) is 2.24. The molecule has 3 rings (SSSR count). The number of nitrogens with zero attached hydrogens (tertiary/aromatic N) is 2. The van der Waals surface area contributed by atoms with Crippen molar-refractivity contribution < 1.29 is 13.5 Å². The number of halogens is 1. The molecule has 0 saturated heterocycles. The Hall–Kier alpha value is -3.09. The molecule has 0 unspecified atom stereocenters. The number of oxazole rings is 1. The summed E-state index contributed by atoms with van der Waals surface area (Å²) in [5.74, 6) is 0.323. The molecule has 0 amide bonds. The number of ether oxygens (including phenoxy) is 1. The SMILES string of the molecule is CCOc1cc(N)c(F)c(Nc2ccc(-c3cnco3)cc2)n1. The topological polar surface area (TPSA) is 86.2 Å². The summed E-state index contributed by atoms with van der Waals surface area (Å²) in [4.78, 5) is 7.94. The van der Waals surface area contributed by atoms with Gasteiger partial charge in [0.2, 0.25) is 5.88 Å². The number of nitrogens with two attached hydrogens (primary N) is 1. The Morgan fingerprint density at radius 3 is 2.74 bits per heavy atom. The number of hydrogen-bond acceptors (Lipinski definition) is 6. The summed E-state index contributed by atoms with van der Waals surface area (Å²) >= 11 is 0. The molecule has 0 aliphatic carbocycles. The van der Waals surface area contributed by atoms with Crippen molar-refractivity contribution in [2.75, 3.05) is 17.7 Å². The van der Waals surface area contributed by atoms with Crippen LogP contribution in [0.1, 0.15) is 6.92 Å². The summed E-state index contributed by atoms with van der Waals surface area (Å²) in [6.07, 6.45) is 2.98. The smallest absolute Gasteiger partial charge is 0.217 e. The zero-order valence-electron chi connectivity index (χ0n) is 12.4. The van der Waals surface area contributed by atoms with E-state index in [1.165, 1.54) is 12.5 Å². The van der Waals surface area contributed by atoms with E-state index in [1.54, 1.807) is 18.3 Å². The van der Waals surface area contributed by atoms with Gasteiger partial charge >= 0.3 is 0 Å². The van der Waals surface area contributed by atoms with Crippen LogP contribution in [0.15, 0.2) is 47.3 Å². The Balaban J connectivity index is 1.84. The number of nitrogens with one attached hydrogen (secondary N) is 1. The molecule has 0 bridgehead atoms. The molecular formula is C16H15FN4O2. The second-order valence-electron chi connectivity index (χ2n) is 4.71. The lowest BCUT2D eigenvalue weighted by molar-refractivity contribution is 0.327. The van der Waals surface area contributed by atoms with Crippen LogP contribution in [-0.4, -0.2) is 16.6 Å². The standard InChI is InChI=1S/C16H15FN4O2/c1-2-22-14-7-12(18)15(17)16(21-14)20-11-5-3-10(4-6-11)13-8-19-9-23-13/h3-9H,2H2,1H3,(H3,18,20,21). The molecule has 7 heteroatoms. The predicted octanol–water partition coefficient (Wildman–Crippen LogP) is 3.60. The first-order chi connectivity index (χ1) is 11.2. The maximum absolute atomic E-state index is 14.1. The number of nitrogen functional groups attached to an aromatic ring is 1. The Kier molecular flexibility index (Phi) is 4.09.